The van der Waals surface area contributed by atoms with E-state index in [1.54, 1.807) is 0 Å². The molecule has 1 heterocycles. The van der Waals surface area contributed by atoms with Crippen LogP contribution >= 0.6 is 0 Å². The topological polar surface area (TPSA) is 35.6 Å². The third kappa shape index (κ3) is 6.23. The minimum atomic E-state index is -0.0724. The summed E-state index contributed by atoms with van der Waals surface area (Å²) in [7, 11) is 4.18. The van der Waals surface area contributed by atoms with Gasteiger partial charge in [0.1, 0.15) is 0 Å². The van der Waals surface area contributed by atoms with Gasteiger partial charge in [0, 0.05) is 25.7 Å². The highest BCUT2D eigenvalue weighted by Gasteiger charge is 2.24. The van der Waals surface area contributed by atoms with E-state index >= 15 is 0 Å². The van der Waals surface area contributed by atoms with E-state index in [0.717, 1.165) is 38.9 Å². The fourth-order valence-corrected chi connectivity index (χ4v) is 3.02. The molecule has 1 fully saturated rings. The number of carbonyl (C=O) groups excluding carboxylic acids is 1. The minimum absolute atomic E-state index is 0.0724. The van der Waals surface area contributed by atoms with Crippen LogP contribution in [0.3, 0.4) is 0 Å². The normalized spacial score (nSPS) is 19.4. The van der Waals surface area contributed by atoms with Crippen molar-refractivity contribution in [2.24, 2.45) is 5.92 Å². The van der Waals surface area contributed by atoms with Gasteiger partial charge in [0.25, 0.3) is 0 Å². The molecule has 0 aromatic heterocycles. The van der Waals surface area contributed by atoms with E-state index in [-0.39, 0.29) is 11.9 Å². The van der Waals surface area contributed by atoms with Gasteiger partial charge >= 0.3 is 0 Å². The Morgan fingerprint density at radius 1 is 1.15 bits per heavy atom. The first kappa shape index (κ1) is 17.4. The maximum atomic E-state index is 12.5. The molecule has 1 aliphatic rings. The Morgan fingerprint density at radius 2 is 1.75 bits per heavy atom. The van der Waals surface area contributed by atoms with Crippen LogP contribution in [0, 0.1) is 5.92 Å². The summed E-state index contributed by atoms with van der Waals surface area (Å²) in [6, 6.07) is 0.311. The second-order valence-electron chi connectivity index (χ2n) is 6.86. The largest absolute Gasteiger partial charge is 0.341 e. The Bertz CT molecular complexity index is 275. The first-order chi connectivity index (χ1) is 9.40. The van der Waals surface area contributed by atoms with Gasteiger partial charge in [-0.05, 0) is 52.6 Å². The van der Waals surface area contributed by atoms with Crippen LogP contribution in [0.4, 0.5) is 0 Å². The fraction of sp³-hybridized carbons (Fsp3) is 0.938. The van der Waals surface area contributed by atoms with Gasteiger partial charge in [0.05, 0.1) is 6.04 Å². The highest BCUT2D eigenvalue weighted by molar-refractivity contribution is 5.81. The molecule has 0 aromatic carbocycles. The number of carbonyl (C=O) groups is 1. The highest BCUT2D eigenvalue weighted by Crippen LogP contribution is 2.11. The van der Waals surface area contributed by atoms with Gasteiger partial charge in [-0.3, -0.25) is 4.79 Å². The molecule has 20 heavy (non-hydrogen) atoms. The quantitative estimate of drug-likeness (QED) is 0.776. The second kappa shape index (κ2) is 8.63. The lowest BCUT2D eigenvalue weighted by atomic mass is 10.0. The summed E-state index contributed by atoms with van der Waals surface area (Å²) >= 11 is 0. The summed E-state index contributed by atoms with van der Waals surface area (Å²) in [6.07, 6.45) is 4.69. The molecule has 0 bridgehead atoms. The van der Waals surface area contributed by atoms with Gasteiger partial charge in [-0.1, -0.05) is 13.8 Å². The van der Waals surface area contributed by atoms with Crippen molar-refractivity contribution >= 4 is 5.91 Å². The van der Waals surface area contributed by atoms with E-state index in [0.29, 0.717) is 12.0 Å². The fourth-order valence-electron chi connectivity index (χ4n) is 3.02. The van der Waals surface area contributed by atoms with E-state index in [4.69, 9.17) is 0 Å². The third-order valence-corrected chi connectivity index (χ3v) is 3.87. The Hall–Kier alpha value is -0.610. The molecule has 1 N–H and O–H groups in total. The summed E-state index contributed by atoms with van der Waals surface area (Å²) in [5.41, 5.74) is 0. The van der Waals surface area contributed by atoms with Gasteiger partial charge in [-0.2, -0.15) is 0 Å². The average Bonchev–Trinajstić information content (AvgIpc) is 2.37. The van der Waals surface area contributed by atoms with Crippen LogP contribution < -0.4 is 5.32 Å². The zero-order valence-corrected chi connectivity index (χ0v) is 14.0. The number of nitrogens with zero attached hydrogens (tertiary/aromatic N) is 2. The molecule has 2 unspecified atom stereocenters. The first-order valence-electron chi connectivity index (χ1n) is 8.09. The summed E-state index contributed by atoms with van der Waals surface area (Å²) in [5.74, 6) is 0.918. The van der Waals surface area contributed by atoms with Crippen molar-refractivity contribution in [1.82, 2.24) is 15.1 Å². The number of hydrogen-bond acceptors (Lipinski definition) is 3. The molecule has 0 saturated carbocycles. The Kier molecular flexibility index (Phi) is 7.52. The molecule has 1 rings (SSSR count). The average molecular weight is 283 g/mol. The van der Waals surface area contributed by atoms with Crippen LogP contribution in [0.25, 0.3) is 0 Å². The number of likely N-dealkylation sites (tertiary alicyclic amines) is 1. The minimum Gasteiger partial charge on any atom is -0.341 e. The van der Waals surface area contributed by atoms with Crippen molar-refractivity contribution in [2.45, 2.75) is 58.5 Å². The van der Waals surface area contributed by atoms with Gasteiger partial charge in [0.2, 0.25) is 5.91 Å². The second-order valence-corrected chi connectivity index (χ2v) is 6.86. The Morgan fingerprint density at radius 3 is 2.25 bits per heavy atom. The lowest BCUT2D eigenvalue weighted by Crippen LogP contribution is -2.52. The number of amides is 1. The number of nitrogens with one attached hydrogen (secondary N) is 1. The molecule has 4 heteroatoms. The predicted octanol–water partition coefficient (Wildman–Crippen LogP) is 1.95. The molecular formula is C16H33N3O. The molecule has 118 valence electrons. The van der Waals surface area contributed by atoms with Crippen LogP contribution in [-0.4, -0.2) is 61.5 Å². The molecule has 0 aliphatic carbocycles. The van der Waals surface area contributed by atoms with Crippen LogP contribution in [0.15, 0.2) is 0 Å². The number of likely N-dealkylation sites (N-methyl/N-ethyl adjacent to an activating group) is 1. The molecule has 0 spiro atoms. The Balaban J connectivity index is 2.50. The maximum absolute atomic E-state index is 12.5. The molecule has 2 atom stereocenters. The van der Waals surface area contributed by atoms with Crippen molar-refractivity contribution < 1.29 is 4.79 Å². The number of hydrogen-bond donors (Lipinski definition) is 1. The molecule has 1 aliphatic heterocycles. The smallest absolute Gasteiger partial charge is 0.239 e. The SMILES string of the molecule is CC(C)CC(CN(C)C)NC(C)C(=O)N1CCCCC1. The summed E-state index contributed by atoms with van der Waals surface area (Å²) in [4.78, 5) is 16.7. The van der Waals surface area contributed by atoms with Crippen molar-refractivity contribution in [3.05, 3.63) is 0 Å². The van der Waals surface area contributed by atoms with Crippen LogP contribution in [0.5, 0.6) is 0 Å². The lowest BCUT2D eigenvalue weighted by Gasteiger charge is -2.32. The van der Waals surface area contributed by atoms with Crippen molar-refractivity contribution in [1.29, 1.82) is 0 Å². The molecule has 4 nitrogen and oxygen atoms in total. The maximum Gasteiger partial charge on any atom is 0.239 e. The van der Waals surface area contributed by atoms with Gasteiger partial charge in [0.15, 0.2) is 0 Å². The van der Waals surface area contributed by atoms with Crippen molar-refractivity contribution in [3.63, 3.8) is 0 Å². The molecule has 1 amide bonds. The predicted molar refractivity (Wildman–Crippen MR) is 84.8 cm³/mol. The van der Waals surface area contributed by atoms with Crippen LogP contribution in [0.1, 0.15) is 46.5 Å². The Labute approximate surface area is 124 Å². The van der Waals surface area contributed by atoms with E-state index in [1.165, 1.54) is 6.42 Å². The lowest BCUT2D eigenvalue weighted by molar-refractivity contribution is -0.134. The van der Waals surface area contributed by atoms with Crippen molar-refractivity contribution in [2.75, 3.05) is 33.7 Å². The number of rotatable bonds is 7. The zero-order chi connectivity index (χ0) is 15.1. The third-order valence-electron chi connectivity index (χ3n) is 3.87. The number of piperidine rings is 1. The highest BCUT2D eigenvalue weighted by atomic mass is 16.2. The summed E-state index contributed by atoms with van der Waals surface area (Å²) < 4.78 is 0. The van der Waals surface area contributed by atoms with Gasteiger partial charge in [-0.25, -0.2) is 0 Å². The van der Waals surface area contributed by atoms with E-state index < -0.39 is 0 Å². The monoisotopic (exact) mass is 283 g/mol. The van der Waals surface area contributed by atoms with Gasteiger partial charge < -0.3 is 15.1 Å². The molecular weight excluding hydrogens is 250 g/mol. The van der Waals surface area contributed by atoms with E-state index in [2.05, 4.69) is 38.2 Å². The van der Waals surface area contributed by atoms with Gasteiger partial charge in [-0.15, -0.1) is 0 Å². The first-order valence-corrected chi connectivity index (χ1v) is 8.09. The molecule has 0 aromatic rings. The zero-order valence-electron chi connectivity index (χ0n) is 14.0. The molecule has 1 saturated heterocycles. The van der Waals surface area contributed by atoms with E-state index in [1.807, 2.05) is 11.8 Å². The summed E-state index contributed by atoms with van der Waals surface area (Å²) in [5, 5.41) is 3.54. The van der Waals surface area contributed by atoms with Crippen LogP contribution in [0.2, 0.25) is 0 Å². The van der Waals surface area contributed by atoms with Crippen LogP contribution in [-0.2, 0) is 4.79 Å². The van der Waals surface area contributed by atoms with Crippen molar-refractivity contribution in [3.8, 4) is 0 Å². The summed E-state index contributed by atoms with van der Waals surface area (Å²) in [6.45, 7) is 9.35. The molecule has 0 radical (unpaired) electrons. The standard InChI is InChI=1S/C16H33N3O/c1-13(2)11-15(12-18(4)5)17-14(3)16(20)19-9-7-6-8-10-19/h13-15,17H,6-12H2,1-5H3. The van der Waals surface area contributed by atoms with E-state index in [9.17, 15) is 4.79 Å².